The van der Waals surface area contributed by atoms with Crippen molar-refractivity contribution in [1.82, 2.24) is 0 Å². The zero-order chi connectivity index (χ0) is 20.6. The zero-order valence-electron chi connectivity index (χ0n) is 17.1. The van der Waals surface area contributed by atoms with Crippen molar-refractivity contribution in [1.29, 1.82) is 0 Å². The minimum absolute atomic E-state index is 0.0408. The molecule has 144 valence electrons. The smallest absolute Gasteiger partial charge is 0.269 e. The zero-order valence-corrected chi connectivity index (χ0v) is 17.1. The molecule has 0 saturated heterocycles. The first-order chi connectivity index (χ1) is 12.3. The fourth-order valence-corrected chi connectivity index (χ4v) is 2.80. The van der Waals surface area contributed by atoms with Crippen molar-refractivity contribution < 1.29 is 10.0 Å². The van der Waals surface area contributed by atoms with Crippen LogP contribution in [0.5, 0.6) is 5.75 Å². The number of benzene rings is 2. The molecule has 0 amide bonds. The molecule has 5 heteroatoms. The summed E-state index contributed by atoms with van der Waals surface area (Å²) < 4.78 is 0. The molecule has 0 bridgehead atoms. The Labute approximate surface area is 160 Å². The molecule has 5 nitrogen and oxygen atoms in total. The normalized spacial score (nSPS) is 12.6. The van der Waals surface area contributed by atoms with Gasteiger partial charge in [-0.1, -0.05) is 47.6 Å². The lowest BCUT2D eigenvalue weighted by atomic mass is 9.79. The molecule has 0 saturated carbocycles. The number of aromatic hydroxyl groups is 1. The summed E-state index contributed by atoms with van der Waals surface area (Å²) in [7, 11) is 0. The molecule has 0 aliphatic rings. The van der Waals surface area contributed by atoms with Crippen molar-refractivity contribution in [2.24, 2.45) is 4.99 Å². The molecule has 2 aromatic carbocycles. The summed E-state index contributed by atoms with van der Waals surface area (Å²) >= 11 is 0. The Hall–Kier alpha value is -2.69. The Bertz CT molecular complexity index is 901. The number of hydrogen-bond acceptors (Lipinski definition) is 4. The molecule has 0 heterocycles. The molecule has 0 radical (unpaired) electrons. The van der Waals surface area contributed by atoms with Crippen LogP contribution in [0.1, 0.15) is 63.8 Å². The van der Waals surface area contributed by atoms with Gasteiger partial charge in [-0.15, -0.1) is 0 Å². The van der Waals surface area contributed by atoms with Crippen LogP contribution >= 0.6 is 0 Å². The van der Waals surface area contributed by atoms with Gasteiger partial charge in [-0.3, -0.25) is 15.1 Å². The Balaban J connectivity index is 2.55. The van der Waals surface area contributed by atoms with Gasteiger partial charge in [0.05, 0.1) is 10.6 Å². The van der Waals surface area contributed by atoms with Gasteiger partial charge in [0.2, 0.25) is 0 Å². The molecule has 0 fully saturated rings. The lowest BCUT2D eigenvalue weighted by molar-refractivity contribution is -0.384. The fraction of sp³-hybridized carbons (Fsp3) is 0.409. The number of aliphatic imine (C=N–C) groups is 1. The van der Waals surface area contributed by atoms with Crippen LogP contribution in [0.15, 0.2) is 35.3 Å². The van der Waals surface area contributed by atoms with Gasteiger partial charge in [0.1, 0.15) is 5.75 Å². The summed E-state index contributed by atoms with van der Waals surface area (Å²) in [6.45, 7) is 14.4. The Morgan fingerprint density at radius 2 is 1.67 bits per heavy atom. The first-order valence-corrected chi connectivity index (χ1v) is 8.98. The average molecular weight is 368 g/mol. The summed E-state index contributed by atoms with van der Waals surface area (Å²) in [5, 5.41) is 21.7. The lowest BCUT2D eigenvalue weighted by Gasteiger charge is -2.27. The van der Waals surface area contributed by atoms with Gasteiger partial charge in [-0.25, -0.2) is 0 Å². The van der Waals surface area contributed by atoms with Crippen molar-refractivity contribution in [2.75, 3.05) is 0 Å². The summed E-state index contributed by atoms with van der Waals surface area (Å²) in [6, 6.07) is 8.57. The second-order valence-electron chi connectivity index (χ2n) is 8.95. The number of non-ortho nitro benzene ring substituents is 1. The van der Waals surface area contributed by atoms with E-state index in [1.807, 2.05) is 6.07 Å². The van der Waals surface area contributed by atoms with Crippen molar-refractivity contribution in [3.05, 3.63) is 62.7 Å². The molecular weight excluding hydrogens is 340 g/mol. The maximum Gasteiger partial charge on any atom is 0.269 e. The van der Waals surface area contributed by atoms with Crippen LogP contribution in [0, 0.1) is 17.0 Å². The van der Waals surface area contributed by atoms with E-state index in [9.17, 15) is 15.2 Å². The number of nitro groups is 1. The molecule has 2 aromatic rings. The number of nitrogens with zero attached hydrogens (tertiary/aromatic N) is 2. The van der Waals surface area contributed by atoms with Gasteiger partial charge < -0.3 is 5.11 Å². The highest BCUT2D eigenvalue weighted by Crippen LogP contribution is 2.37. The number of hydrogen-bond donors (Lipinski definition) is 1. The molecule has 0 aromatic heterocycles. The van der Waals surface area contributed by atoms with Gasteiger partial charge in [-0.05, 0) is 41.0 Å². The standard InChI is InChI=1S/C22H28N2O3/c1-14-10-17(24(26)27)8-9-19(14)23-13-15-11-16(21(2,3)4)12-18(20(15)25)22(5,6)7/h8-13,25H,1-7H3/b23-13+. The molecular formula is C22H28N2O3. The highest BCUT2D eigenvalue weighted by atomic mass is 16.6. The number of nitro benzene ring substituents is 1. The predicted molar refractivity (Wildman–Crippen MR) is 111 cm³/mol. The molecule has 0 unspecified atom stereocenters. The van der Waals surface area contributed by atoms with E-state index in [-0.39, 0.29) is 22.3 Å². The minimum atomic E-state index is -0.422. The summed E-state index contributed by atoms with van der Waals surface area (Å²) in [5.41, 5.74) is 3.74. The van der Waals surface area contributed by atoms with Crippen molar-refractivity contribution >= 4 is 17.6 Å². The van der Waals surface area contributed by atoms with Crippen LogP contribution in [0.2, 0.25) is 0 Å². The maximum absolute atomic E-state index is 10.9. The van der Waals surface area contributed by atoms with Crippen molar-refractivity contribution in [3.63, 3.8) is 0 Å². The fourth-order valence-electron chi connectivity index (χ4n) is 2.80. The Morgan fingerprint density at radius 3 is 2.15 bits per heavy atom. The third-order valence-electron chi connectivity index (χ3n) is 4.55. The molecule has 0 aliphatic carbocycles. The average Bonchev–Trinajstić information content (AvgIpc) is 2.52. The Kier molecular flexibility index (Phi) is 5.45. The third-order valence-corrected chi connectivity index (χ3v) is 4.55. The Morgan fingerprint density at radius 1 is 1.04 bits per heavy atom. The largest absolute Gasteiger partial charge is 0.507 e. The topological polar surface area (TPSA) is 75.7 Å². The molecule has 2 rings (SSSR count). The lowest BCUT2D eigenvalue weighted by Crippen LogP contribution is -2.17. The van der Waals surface area contributed by atoms with Gasteiger partial charge in [0.15, 0.2) is 0 Å². The van der Waals surface area contributed by atoms with Gasteiger partial charge in [-0.2, -0.15) is 0 Å². The minimum Gasteiger partial charge on any atom is -0.507 e. The number of phenolic OH excluding ortho intramolecular Hbond substituents is 1. The maximum atomic E-state index is 10.9. The third kappa shape index (κ3) is 4.73. The molecule has 0 atom stereocenters. The van der Waals surface area contributed by atoms with Crippen LogP contribution in [0.25, 0.3) is 0 Å². The molecule has 27 heavy (non-hydrogen) atoms. The number of aryl methyl sites for hydroxylation is 1. The number of rotatable bonds is 3. The van der Waals surface area contributed by atoms with Gasteiger partial charge >= 0.3 is 0 Å². The monoisotopic (exact) mass is 368 g/mol. The first kappa shape index (κ1) is 20.6. The van der Waals surface area contributed by atoms with E-state index in [4.69, 9.17) is 0 Å². The van der Waals surface area contributed by atoms with E-state index in [2.05, 4.69) is 52.6 Å². The summed E-state index contributed by atoms with van der Waals surface area (Å²) in [4.78, 5) is 14.9. The SMILES string of the molecule is Cc1cc([N+](=O)[O-])ccc1/N=C/c1cc(C(C)(C)C)cc(C(C)(C)C)c1O. The van der Waals surface area contributed by atoms with E-state index in [0.29, 0.717) is 16.8 Å². The van der Waals surface area contributed by atoms with Crippen LogP contribution in [0.4, 0.5) is 11.4 Å². The summed E-state index contributed by atoms with van der Waals surface area (Å²) in [6.07, 6.45) is 1.63. The first-order valence-electron chi connectivity index (χ1n) is 8.98. The second-order valence-corrected chi connectivity index (χ2v) is 8.95. The van der Waals surface area contributed by atoms with Crippen molar-refractivity contribution in [3.8, 4) is 5.75 Å². The van der Waals surface area contributed by atoms with Crippen LogP contribution in [-0.2, 0) is 10.8 Å². The second kappa shape index (κ2) is 7.14. The van der Waals surface area contributed by atoms with E-state index >= 15 is 0 Å². The van der Waals surface area contributed by atoms with Crippen molar-refractivity contribution in [2.45, 2.75) is 59.3 Å². The van der Waals surface area contributed by atoms with E-state index in [1.54, 1.807) is 19.2 Å². The molecule has 1 N–H and O–H groups in total. The highest BCUT2D eigenvalue weighted by Gasteiger charge is 2.24. The van der Waals surface area contributed by atoms with E-state index < -0.39 is 4.92 Å². The quantitative estimate of drug-likeness (QED) is 0.413. The van der Waals surface area contributed by atoms with E-state index in [1.165, 1.54) is 12.1 Å². The van der Waals surface area contributed by atoms with Crippen LogP contribution < -0.4 is 0 Å². The predicted octanol–water partition coefficient (Wildman–Crippen LogP) is 5.95. The van der Waals surface area contributed by atoms with E-state index in [0.717, 1.165) is 11.1 Å². The van der Waals surface area contributed by atoms with Gasteiger partial charge in [0, 0.05) is 29.5 Å². The van der Waals surface area contributed by atoms with Gasteiger partial charge in [0.25, 0.3) is 5.69 Å². The molecule has 0 aliphatic heterocycles. The summed E-state index contributed by atoms with van der Waals surface area (Å²) in [5.74, 6) is 0.221. The van der Waals surface area contributed by atoms with Crippen LogP contribution in [-0.4, -0.2) is 16.2 Å². The highest BCUT2D eigenvalue weighted by molar-refractivity contribution is 5.87. The van der Waals surface area contributed by atoms with Crippen LogP contribution in [0.3, 0.4) is 0 Å². The molecule has 0 spiro atoms. The number of phenols is 1.